The fourth-order valence-electron chi connectivity index (χ4n) is 5.37. The van der Waals surface area contributed by atoms with E-state index in [0.29, 0.717) is 10.9 Å². The normalized spacial score (nSPS) is 13.4. The number of anilines is 3. The summed E-state index contributed by atoms with van der Waals surface area (Å²) in [5.74, 6) is 0.468. The van der Waals surface area contributed by atoms with E-state index in [9.17, 15) is 4.79 Å². The second kappa shape index (κ2) is 12.8. The molecule has 0 saturated carbocycles. The molecule has 4 aromatic rings. The average Bonchev–Trinajstić information content (AvgIpc) is 3.01. The molecule has 0 aromatic heterocycles. The van der Waals surface area contributed by atoms with E-state index in [1.165, 1.54) is 11.8 Å². The van der Waals surface area contributed by atoms with Gasteiger partial charge in [0.15, 0.2) is 5.17 Å². The number of nitrogens with one attached hydrogen (secondary N) is 1. The van der Waals surface area contributed by atoms with Crippen molar-refractivity contribution in [2.24, 2.45) is 4.99 Å². The Morgan fingerprint density at radius 2 is 1.30 bits per heavy atom. The fourth-order valence-corrected chi connectivity index (χ4v) is 6.73. The van der Waals surface area contributed by atoms with E-state index in [-0.39, 0.29) is 0 Å². The van der Waals surface area contributed by atoms with Crippen molar-refractivity contribution in [3.05, 3.63) is 114 Å². The predicted octanol–water partition coefficient (Wildman–Crippen LogP) is 7.48. The smallest absolute Gasteiger partial charge is 0.410 e. The van der Waals surface area contributed by atoms with Crippen molar-refractivity contribution in [2.45, 2.75) is 18.6 Å². The molecular weight excluding hydrogens is 554 g/mol. The second-order valence-corrected chi connectivity index (χ2v) is 12.0. The molecule has 0 unspecified atom stereocenters. The molecule has 43 heavy (non-hydrogen) atoms. The molecule has 4 aromatic carbocycles. The zero-order chi connectivity index (χ0) is 30.6. The maximum atomic E-state index is 13.1. The van der Waals surface area contributed by atoms with Crippen LogP contribution in [0, 0.1) is 0 Å². The lowest BCUT2D eigenvalue weighted by atomic mass is 9.82. The van der Waals surface area contributed by atoms with Crippen molar-refractivity contribution in [3.8, 4) is 5.75 Å². The first kappa shape index (κ1) is 30.0. The summed E-state index contributed by atoms with van der Waals surface area (Å²) in [6.45, 7) is 6.06. The van der Waals surface area contributed by atoms with Crippen molar-refractivity contribution in [1.82, 2.24) is 5.32 Å². The molecule has 0 aliphatic carbocycles. The SMILES string of the molecule is CCN(CC)c1ccc2c(c1)N=C(NC(=O)Oc1ccccc1)SC2(c1ccc(N(C)C)cc1)c1ccc(N(C)C)cc1. The van der Waals surface area contributed by atoms with Gasteiger partial charge < -0.3 is 19.4 Å². The Kier molecular flexibility index (Phi) is 8.97. The van der Waals surface area contributed by atoms with Crippen LogP contribution in [-0.4, -0.2) is 52.5 Å². The molecule has 0 bridgehead atoms. The molecule has 8 heteroatoms. The number of thioether (sulfide) groups is 1. The average molecular weight is 594 g/mol. The summed E-state index contributed by atoms with van der Waals surface area (Å²) in [6, 6.07) is 32.8. The quantitative estimate of drug-likeness (QED) is 0.229. The Balaban J connectivity index is 1.68. The van der Waals surface area contributed by atoms with Crippen LogP contribution in [0.4, 0.5) is 27.5 Å². The van der Waals surface area contributed by atoms with Gasteiger partial charge >= 0.3 is 6.09 Å². The van der Waals surface area contributed by atoms with Gasteiger partial charge in [-0.05, 0) is 73.5 Å². The molecule has 222 valence electrons. The third-order valence-corrected chi connectivity index (χ3v) is 9.09. The van der Waals surface area contributed by atoms with Gasteiger partial charge in [0.2, 0.25) is 0 Å². The van der Waals surface area contributed by atoms with E-state index in [0.717, 1.165) is 52.5 Å². The van der Waals surface area contributed by atoms with E-state index < -0.39 is 10.8 Å². The molecule has 5 rings (SSSR count). The molecule has 1 aliphatic rings. The Morgan fingerprint density at radius 3 is 1.81 bits per heavy atom. The van der Waals surface area contributed by atoms with Crippen LogP contribution < -0.4 is 24.8 Å². The van der Waals surface area contributed by atoms with Gasteiger partial charge in [0.1, 0.15) is 10.5 Å². The van der Waals surface area contributed by atoms with Gasteiger partial charge in [-0.2, -0.15) is 0 Å². The highest BCUT2D eigenvalue weighted by Crippen LogP contribution is 2.55. The molecule has 0 atom stereocenters. The summed E-state index contributed by atoms with van der Waals surface area (Å²) in [6.07, 6.45) is -0.583. The summed E-state index contributed by atoms with van der Waals surface area (Å²) in [7, 11) is 8.16. The molecule has 0 radical (unpaired) electrons. The first-order valence-electron chi connectivity index (χ1n) is 14.5. The van der Waals surface area contributed by atoms with Crippen LogP contribution in [0.1, 0.15) is 30.5 Å². The molecule has 0 spiro atoms. The number of carbonyl (C=O) groups is 1. The Labute approximate surface area is 259 Å². The van der Waals surface area contributed by atoms with Gasteiger partial charge in [-0.15, -0.1) is 0 Å². The van der Waals surface area contributed by atoms with Crippen LogP contribution in [0.25, 0.3) is 0 Å². The van der Waals surface area contributed by atoms with Gasteiger partial charge in [0.25, 0.3) is 0 Å². The van der Waals surface area contributed by atoms with E-state index in [4.69, 9.17) is 9.73 Å². The van der Waals surface area contributed by atoms with Crippen molar-refractivity contribution in [1.29, 1.82) is 0 Å². The van der Waals surface area contributed by atoms with Crippen molar-refractivity contribution in [2.75, 3.05) is 56.0 Å². The van der Waals surface area contributed by atoms with Crippen LogP contribution in [0.3, 0.4) is 0 Å². The number of para-hydroxylation sites is 1. The lowest BCUT2D eigenvalue weighted by Crippen LogP contribution is -2.38. The molecule has 1 amide bonds. The number of hydrogen-bond acceptors (Lipinski definition) is 7. The monoisotopic (exact) mass is 593 g/mol. The number of hydrogen-bond donors (Lipinski definition) is 1. The van der Waals surface area contributed by atoms with Crippen molar-refractivity contribution >= 4 is 45.8 Å². The molecule has 1 aliphatic heterocycles. The van der Waals surface area contributed by atoms with Crippen LogP contribution in [0.2, 0.25) is 0 Å². The lowest BCUT2D eigenvalue weighted by molar-refractivity contribution is 0.206. The highest BCUT2D eigenvalue weighted by Gasteiger charge is 2.44. The fraction of sp³-hybridized carbons (Fsp3) is 0.257. The predicted molar refractivity (Wildman–Crippen MR) is 182 cm³/mol. The molecular formula is C35H39N5O2S. The van der Waals surface area contributed by atoms with Gasteiger partial charge in [0, 0.05) is 63.9 Å². The summed E-state index contributed by atoms with van der Waals surface area (Å²) < 4.78 is 4.91. The number of amidine groups is 1. The molecule has 1 N–H and O–H groups in total. The Morgan fingerprint density at radius 1 is 0.767 bits per heavy atom. The topological polar surface area (TPSA) is 60.4 Å². The summed E-state index contributed by atoms with van der Waals surface area (Å²) in [5, 5.41) is 3.43. The van der Waals surface area contributed by atoms with Crippen LogP contribution in [-0.2, 0) is 4.75 Å². The number of aliphatic imine (C=N–C) groups is 1. The summed E-state index contributed by atoms with van der Waals surface area (Å²) in [4.78, 5) is 24.6. The maximum absolute atomic E-state index is 13.1. The number of fused-ring (bicyclic) bond motifs is 1. The van der Waals surface area contributed by atoms with Crippen molar-refractivity contribution < 1.29 is 9.53 Å². The molecule has 7 nitrogen and oxygen atoms in total. The number of nitrogens with zero attached hydrogens (tertiary/aromatic N) is 4. The van der Waals surface area contributed by atoms with E-state index in [1.807, 2.05) is 46.4 Å². The number of carbonyl (C=O) groups excluding carboxylic acids is 1. The molecule has 1 heterocycles. The van der Waals surface area contributed by atoms with Crippen molar-refractivity contribution in [3.63, 3.8) is 0 Å². The van der Waals surface area contributed by atoms with Gasteiger partial charge in [-0.3, -0.25) is 5.32 Å². The van der Waals surface area contributed by atoms with Gasteiger partial charge in [-0.1, -0.05) is 60.3 Å². The largest absolute Gasteiger partial charge is 0.418 e. The summed E-state index contributed by atoms with van der Waals surface area (Å²) in [5.41, 5.74) is 7.35. The van der Waals surface area contributed by atoms with Crippen LogP contribution >= 0.6 is 11.8 Å². The second-order valence-electron chi connectivity index (χ2n) is 10.8. The Hall–Kier alpha value is -4.43. The van der Waals surface area contributed by atoms with Crippen LogP contribution in [0.15, 0.2) is 102 Å². The summed E-state index contributed by atoms with van der Waals surface area (Å²) >= 11 is 1.52. The van der Waals surface area contributed by atoms with Gasteiger partial charge in [-0.25, -0.2) is 9.79 Å². The van der Waals surface area contributed by atoms with E-state index in [1.54, 1.807) is 12.1 Å². The van der Waals surface area contributed by atoms with Gasteiger partial charge in [0.05, 0.1) is 5.69 Å². The number of amides is 1. The zero-order valence-corrected chi connectivity index (χ0v) is 26.5. The maximum Gasteiger partial charge on any atom is 0.418 e. The minimum atomic E-state index is -0.691. The minimum Gasteiger partial charge on any atom is -0.410 e. The minimum absolute atomic E-state index is 0.468. The lowest BCUT2D eigenvalue weighted by Gasteiger charge is -2.39. The highest BCUT2D eigenvalue weighted by atomic mass is 32.2. The standard InChI is InChI=1S/C35H39N5O2S/c1-7-40(8-2)29-22-23-31-32(24-29)36-33(37-34(41)42-30-12-10-9-11-13-30)43-35(31,25-14-18-27(19-15-25)38(3)4)26-16-20-28(21-17-26)39(5)6/h9-24H,7-8H2,1-6H3,(H,36,37,41). The van der Waals surface area contributed by atoms with Crippen LogP contribution in [0.5, 0.6) is 5.75 Å². The van der Waals surface area contributed by atoms with E-state index in [2.05, 4.69) is 101 Å². The third-order valence-electron chi connectivity index (χ3n) is 7.70. The number of rotatable bonds is 8. The highest BCUT2D eigenvalue weighted by molar-refractivity contribution is 8.15. The zero-order valence-electron chi connectivity index (χ0n) is 25.7. The Bertz CT molecular complexity index is 1530. The first-order chi connectivity index (χ1) is 20.7. The molecule has 0 saturated heterocycles. The van der Waals surface area contributed by atoms with E-state index >= 15 is 0 Å². The number of benzene rings is 4. The molecule has 0 fully saturated rings. The first-order valence-corrected chi connectivity index (χ1v) is 15.3. The number of ether oxygens (including phenoxy) is 1. The third kappa shape index (κ3) is 6.20.